The third-order valence-electron chi connectivity index (χ3n) is 2.40. The summed E-state index contributed by atoms with van der Waals surface area (Å²) in [4.78, 5) is 4.26. The van der Waals surface area contributed by atoms with Gasteiger partial charge in [0.25, 0.3) is 0 Å². The van der Waals surface area contributed by atoms with Crippen LogP contribution in [-0.2, 0) is 0 Å². The minimum Gasteiger partial charge on any atom is -0.477 e. The molecule has 0 aliphatic carbocycles. The molecule has 2 N–H and O–H groups in total. The van der Waals surface area contributed by atoms with E-state index in [0.29, 0.717) is 17.5 Å². The first-order valence-corrected chi connectivity index (χ1v) is 5.49. The molecule has 3 heteroatoms. The van der Waals surface area contributed by atoms with Crippen molar-refractivity contribution >= 4 is 5.69 Å². The molecule has 1 heterocycles. The maximum absolute atomic E-state index is 5.67. The first-order valence-electron chi connectivity index (χ1n) is 5.49. The molecule has 0 saturated heterocycles. The second-order valence-corrected chi connectivity index (χ2v) is 4.03. The van der Waals surface area contributed by atoms with E-state index in [1.807, 2.05) is 19.1 Å². The summed E-state index contributed by atoms with van der Waals surface area (Å²) in [6, 6.07) is 3.66. The van der Waals surface area contributed by atoms with Crippen LogP contribution in [0.3, 0.4) is 0 Å². The van der Waals surface area contributed by atoms with E-state index in [9.17, 15) is 0 Å². The maximum Gasteiger partial charge on any atom is 0.213 e. The normalized spacial score (nSPS) is 12.5. The third kappa shape index (κ3) is 3.78. The standard InChI is InChI=1S/C12H20N2O/c1-4-5-9(2)8-15-12-7-6-11(13)10(3)14-12/h6-7,9H,4-5,8,13H2,1-3H3. The molecule has 0 fully saturated rings. The zero-order chi connectivity index (χ0) is 11.3. The summed E-state index contributed by atoms with van der Waals surface area (Å²) in [5, 5.41) is 0. The molecule has 0 aromatic carbocycles. The van der Waals surface area contributed by atoms with Crippen LogP contribution < -0.4 is 10.5 Å². The Hall–Kier alpha value is -1.25. The van der Waals surface area contributed by atoms with Crippen LogP contribution in [0.2, 0.25) is 0 Å². The van der Waals surface area contributed by atoms with Crippen LogP contribution >= 0.6 is 0 Å². The number of rotatable bonds is 5. The number of aromatic nitrogens is 1. The van der Waals surface area contributed by atoms with Gasteiger partial charge in [-0.3, -0.25) is 0 Å². The molecule has 1 aromatic heterocycles. The first kappa shape index (κ1) is 11.8. The van der Waals surface area contributed by atoms with E-state index in [4.69, 9.17) is 10.5 Å². The fourth-order valence-corrected chi connectivity index (χ4v) is 1.43. The molecule has 1 atom stereocenters. The van der Waals surface area contributed by atoms with Gasteiger partial charge >= 0.3 is 0 Å². The highest BCUT2D eigenvalue weighted by molar-refractivity contribution is 5.43. The van der Waals surface area contributed by atoms with Crippen molar-refractivity contribution < 1.29 is 4.74 Å². The first-order chi connectivity index (χ1) is 7.13. The molecule has 1 unspecified atom stereocenters. The summed E-state index contributed by atoms with van der Waals surface area (Å²) in [6.45, 7) is 6.98. The summed E-state index contributed by atoms with van der Waals surface area (Å²) < 4.78 is 5.59. The van der Waals surface area contributed by atoms with E-state index < -0.39 is 0 Å². The zero-order valence-corrected chi connectivity index (χ0v) is 9.79. The molecule has 84 valence electrons. The van der Waals surface area contributed by atoms with Gasteiger partial charge in [-0.15, -0.1) is 0 Å². The quantitative estimate of drug-likeness (QED) is 0.809. The molecule has 0 radical (unpaired) electrons. The summed E-state index contributed by atoms with van der Waals surface area (Å²) in [6.07, 6.45) is 2.38. The van der Waals surface area contributed by atoms with Crippen LogP contribution in [0, 0.1) is 12.8 Å². The fourth-order valence-electron chi connectivity index (χ4n) is 1.43. The van der Waals surface area contributed by atoms with Gasteiger partial charge in [-0.2, -0.15) is 0 Å². The van der Waals surface area contributed by atoms with Gasteiger partial charge in [-0.25, -0.2) is 4.98 Å². The molecular formula is C12H20N2O. The smallest absolute Gasteiger partial charge is 0.213 e. The number of hydrogen-bond donors (Lipinski definition) is 1. The molecule has 0 saturated carbocycles. The van der Waals surface area contributed by atoms with Gasteiger partial charge in [0.15, 0.2) is 0 Å². The average molecular weight is 208 g/mol. The van der Waals surface area contributed by atoms with Gasteiger partial charge in [-0.05, 0) is 25.3 Å². The lowest BCUT2D eigenvalue weighted by Gasteiger charge is -2.11. The van der Waals surface area contributed by atoms with E-state index in [1.54, 1.807) is 0 Å². The Balaban J connectivity index is 2.47. The Morgan fingerprint density at radius 2 is 2.20 bits per heavy atom. The van der Waals surface area contributed by atoms with Crippen molar-refractivity contribution in [1.82, 2.24) is 4.98 Å². The van der Waals surface area contributed by atoms with Crippen LogP contribution in [0.4, 0.5) is 5.69 Å². The van der Waals surface area contributed by atoms with E-state index in [2.05, 4.69) is 18.8 Å². The van der Waals surface area contributed by atoms with E-state index in [1.165, 1.54) is 12.8 Å². The number of hydrogen-bond acceptors (Lipinski definition) is 3. The molecule has 15 heavy (non-hydrogen) atoms. The number of nitrogens with zero attached hydrogens (tertiary/aromatic N) is 1. The van der Waals surface area contributed by atoms with Crippen molar-refractivity contribution in [3.63, 3.8) is 0 Å². The third-order valence-corrected chi connectivity index (χ3v) is 2.40. The van der Waals surface area contributed by atoms with Crippen molar-refractivity contribution in [2.24, 2.45) is 5.92 Å². The fraction of sp³-hybridized carbons (Fsp3) is 0.583. The number of anilines is 1. The van der Waals surface area contributed by atoms with E-state index >= 15 is 0 Å². The summed E-state index contributed by atoms with van der Waals surface area (Å²) in [7, 11) is 0. The second-order valence-electron chi connectivity index (χ2n) is 4.03. The number of ether oxygens (including phenoxy) is 1. The van der Waals surface area contributed by atoms with Crippen molar-refractivity contribution in [2.45, 2.75) is 33.6 Å². The molecule has 0 amide bonds. The van der Waals surface area contributed by atoms with Gasteiger partial charge in [0.1, 0.15) is 0 Å². The second kappa shape index (κ2) is 5.59. The van der Waals surface area contributed by atoms with E-state index in [0.717, 1.165) is 12.3 Å². The Labute approximate surface area is 91.7 Å². The minimum absolute atomic E-state index is 0.578. The Morgan fingerprint density at radius 1 is 1.47 bits per heavy atom. The van der Waals surface area contributed by atoms with Crippen LogP contribution in [0.25, 0.3) is 0 Å². The Kier molecular flexibility index (Phi) is 4.40. The maximum atomic E-state index is 5.67. The average Bonchev–Trinajstić information content (AvgIpc) is 2.20. The SMILES string of the molecule is CCCC(C)COc1ccc(N)c(C)n1. The van der Waals surface area contributed by atoms with E-state index in [-0.39, 0.29) is 0 Å². The number of pyridine rings is 1. The lowest BCUT2D eigenvalue weighted by atomic mass is 10.1. The van der Waals surface area contributed by atoms with Gasteiger partial charge < -0.3 is 10.5 Å². The molecule has 1 rings (SSSR count). The topological polar surface area (TPSA) is 48.1 Å². The van der Waals surface area contributed by atoms with Crippen LogP contribution in [-0.4, -0.2) is 11.6 Å². The number of aryl methyl sites for hydroxylation is 1. The van der Waals surface area contributed by atoms with Crippen LogP contribution in [0.15, 0.2) is 12.1 Å². The van der Waals surface area contributed by atoms with Crippen LogP contribution in [0.5, 0.6) is 5.88 Å². The molecular weight excluding hydrogens is 188 g/mol. The number of nitrogen functional groups attached to an aromatic ring is 1. The highest BCUT2D eigenvalue weighted by Gasteiger charge is 2.03. The van der Waals surface area contributed by atoms with Gasteiger partial charge in [0.2, 0.25) is 5.88 Å². The Bertz CT molecular complexity index is 312. The lowest BCUT2D eigenvalue weighted by Crippen LogP contribution is -2.09. The van der Waals surface area contributed by atoms with Gasteiger partial charge in [0.05, 0.1) is 18.0 Å². The highest BCUT2D eigenvalue weighted by atomic mass is 16.5. The largest absolute Gasteiger partial charge is 0.477 e. The van der Waals surface area contributed by atoms with Crippen molar-refractivity contribution in [3.05, 3.63) is 17.8 Å². The predicted molar refractivity (Wildman–Crippen MR) is 63.0 cm³/mol. The van der Waals surface area contributed by atoms with Gasteiger partial charge in [0, 0.05) is 6.07 Å². The lowest BCUT2D eigenvalue weighted by molar-refractivity contribution is 0.243. The summed E-state index contributed by atoms with van der Waals surface area (Å²) in [5.41, 5.74) is 7.22. The predicted octanol–water partition coefficient (Wildman–Crippen LogP) is 2.79. The summed E-state index contributed by atoms with van der Waals surface area (Å²) >= 11 is 0. The van der Waals surface area contributed by atoms with Gasteiger partial charge in [-0.1, -0.05) is 20.3 Å². The highest BCUT2D eigenvalue weighted by Crippen LogP contribution is 2.15. The molecule has 0 spiro atoms. The molecule has 0 bridgehead atoms. The molecule has 3 nitrogen and oxygen atoms in total. The van der Waals surface area contributed by atoms with Crippen molar-refractivity contribution in [3.8, 4) is 5.88 Å². The molecule has 0 aliphatic heterocycles. The van der Waals surface area contributed by atoms with Crippen molar-refractivity contribution in [2.75, 3.05) is 12.3 Å². The number of nitrogens with two attached hydrogens (primary N) is 1. The minimum atomic E-state index is 0.578. The zero-order valence-electron chi connectivity index (χ0n) is 9.79. The summed E-state index contributed by atoms with van der Waals surface area (Å²) in [5.74, 6) is 1.25. The monoisotopic (exact) mass is 208 g/mol. The molecule has 1 aromatic rings. The van der Waals surface area contributed by atoms with Crippen LogP contribution in [0.1, 0.15) is 32.4 Å². The van der Waals surface area contributed by atoms with Crippen molar-refractivity contribution in [1.29, 1.82) is 0 Å². The molecule has 0 aliphatic rings. The Morgan fingerprint density at radius 3 is 2.80 bits per heavy atom.